The molecule has 2 aliphatic heterocycles. The van der Waals surface area contributed by atoms with Crippen molar-refractivity contribution in [3.8, 4) is 5.75 Å². The van der Waals surface area contributed by atoms with Crippen LogP contribution in [0.4, 0.5) is 0 Å². The third kappa shape index (κ3) is 6.15. The maximum absolute atomic E-state index is 13.1. The number of methoxy groups -OCH3 is 1. The van der Waals surface area contributed by atoms with Crippen LogP contribution in [-0.4, -0.2) is 70.0 Å². The first-order valence-electron chi connectivity index (χ1n) is 11.8. The second kappa shape index (κ2) is 11.3. The van der Waals surface area contributed by atoms with Crippen molar-refractivity contribution < 1.29 is 22.7 Å². The highest BCUT2D eigenvalue weighted by atomic mass is 32.2. The van der Waals surface area contributed by atoms with E-state index in [0.717, 1.165) is 38.4 Å². The van der Waals surface area contributed by atoms with Gasteiger partial charge in [-0.05, 0) is 48.2 Å². The van der Waals surface area contributed by atoms with Crippen LogP contribution >= 0.6 is 0 Å². The van der Waals surface area contributed by atoms with Gasteiger partial charge in [0, 0.05) is 39.3 Å². The first kappa shape index (κ1) is 24.7. The van der Waals surface area contributed by atoms with Crippen LogP contribution in [0.5, 0.6) is 5.75 Å². The lowest BCUT2D eigenvalue weighted by molar-refractivity contribution is -0.126. The molecule has 8 nitrogen and oxygen atoms in total. The molecule has 2 aliphatic rings. The van der Waals surface area contributed by atoms with Crippen LogP contribution in [0.3, 0.4) is 0 Å². The second-order valence-corrected chi connectivity index (χ2v) is 10.7. The number of carbonyl (C=O) groups is 1. The monoisotopic (exact) mass is 487 g/mol. The zero-order valence-corrected chi connectivity index (χ0v) is 20.4. The SMILES string of the molecule is COc1ccc(S(=O)(=O)N2CCCC(C(=O)NCc3cccc(CN4CCOCC4)c3)C2)cc1. The normalized spacial score (nSPS) is 20.1. The molecule has 0 radical (unpaired) electrons. The van der Waals surface area contributed by atoms with Crippen molar-refractivity contribution in [3.05, 3.63) is 59.7 Å². The molecule has 34 heavy (non-hydrogen) atoms. The number of carbonyl (C=O) groups excluding carboxylic acids is 1. The average Bonchev–Trinajstić information content (AvgIpc) is 2.88. The van der Waals surface area contributed by atoms with E-state index in [4.69, 9.17) is 9.47 Å². The lowest BCUT2D eigenvalue weighted by Crippen LogP contribution is -2.45. The number of nitrogens with one attached hydrogen (secondary N) is 1. The van der Waals surface area contributed by atoms with Crippen LogP contribution in [0.25, 0.3) is 0 Å². The van der Waals surface area contributed by atoms with Gasteiger partial charge in [-0.25, -0.2) is 8.42 Å². The summed E-state index contributed by atoms with van der Waals surface area (Å²) in [4.78, 5) is 15.5. The fraction of sp³-hybridized carbons (Fsp3) is 0.480. The molecular formula is C25H33N3O5S. The maximum atomic E-state index is 13.1. The van der Waals surface area contributed by atoms with Crippen molar-refractivity contribution in [1.29, 1.82) is 0 Å². The molecule has 0 aromatic heterocycles. The summed E-state index contributed by atoms with van der Waals surface area (Å²) >= 11 is 0. The van der Waals surface area contributed by atoms with Gasteiger partial charge in [0.25, 0.3) is 0 Å². The summed E-state index contributed by atoms with van der Waals surface area (Å²) < 4.78 is 38.1. The van der Waals surface area contributed by atoms with E-state index in [1.165, 1.54) is 17.0 Å². The lowest BCUT2D eigenvalue weighted by Gasteiger charge is -2.31. The predicted molar refractivity (Wildman–Crippen MR) is 129 cm³/mol. The number of piperidine rings is 1. The summed E-state index contributed by atoms with van der Waals surface area (Å²) in [5.74, 6) is 0.135. The van der Waals surface area contributed by atoms with E-state index in [9.17, 15) is 13.2 Å². The molecule has 2 aromatic carbocycles. The van der Waals surface area contributed by atoms with Crippen LogP contribution in [0.1, 0.15) is 24.0 Å². The molecule has 0 bridgehead atoms. The standard InChI is InChI=1S/C25H33N3O5S/c1-32-23-7-9-24(10-8-23)34(30,31)28-11-3-6-22(19-28)25(29)26-17-20-4-2-5-21(16-20)18-27-12-14-33-15-13-27/h2,4-5,7-10,16,22H,3,6,11-15,17-19H2,1H3,(H,26,29). The zero-order chi connectivity index (χ0) is 24.0. The number of morpholine rings is 1. The van der Waals surface area contributed by atoms with Crippen molar-refractivity contribution in [1.82, 2.24) is 14.5 Å². The van der Waals surface area contributed by atoms with E-state index in [1.54, 1.807) is 24.3 Å². The van der Waals surface area contributed by atoms with Crippen LogP contribution in [-0.2, 0) is 32.6 Å². The summed E-state index contributed by atoms with van der Waals surface area (Å²) in [5, 5.41) is 3.02. The molecule has 2 fully saturated rings. The van der Waals surface area contributed by atoms with E-state index in [0.29, 0.717) is 31.7 Å². The number of sulfonamides is 1. The summed E-state index contributed by atoms with van der Waals surface area (Å²) in [6.07, 6.45) is 1.33. The van der Waals surface area contributed by atoms with Gasteiger partial charge in [0.2, 0.25) is 15.9 Å². The Morgan fingerprint density at radius 3 is 2.56 bits per heavy atom. The minimum absolute atomic E-state index is 0.104. The van der Waals surface area contributed by atoms with Gasteiger partial charge >= 0.3 is 0 Å². The first-order chi connectivity index (χ1) is 16.5. The largest absolute Gasteiger partial charge is 0.497 e. The third-order valence-electron chi connectivity index (χ3n) is 6.42. The Hall–Kier alpha value is -2.46. The quantitative estimate of drug-likeness (QED) is 0.615. The Morgan fingerprint density at radius 1 is 1.09 bits per heavy atom. The van der Waals surface area contributed by atoms with Crippen LogP contribution in [0.15, 0.2) is 53.4 Å². The smallest absolute Gasteiger partial charge is 0.243 e. The molecule has 0 aliphatic carbocycles. The van der Waals surface area contributed by atoms with Crippen molar-refractivity contribution in [3.63, 3.8) is 0 Å². The molecule has 2 saturated heterocycles. The van der Waals surface area contributed by atoms with Gasteiger partial charge < -0.3 is 14.8 Å². The van der Waals surface area contributed by atoms with Crippen molar-refractivity contribution in [2.45, 2.75) is 30.8 Å². The lowest BCUT2D eigenvalue weighted by atomic mass is 9.98. The van der Waals surface area contributed by atoms with Gasteiger partial charge in [0.15, 0.2) is 0 Å². The zero-order valence-electron chi connectivity index (χ0n) is 19.6. The highest BCUT2D eigenvalue weighted by Gasteiger charge is 2.33. The Balaban J connectivity index is 1.33. The second-order valence-electron chi connectivity index (χ2n) is 8.80. The Bertz CT molecular complexity index is 1070. The molecule has 0 saturated carbocycles. The van der Waals surface area contributed by atoms with Crippen molar-refractivity contribution in [2.75, 3.05) is 46.5 Å². The van der Waals surface area contributed by atoms with Crippen molar-refractivity contribution in [2.24, 2.45) is 5.92 Å². The molecule has 4 rings (SSSR count). The van der Waals surface area contributed by atoms with Gasteiger partial charge in [-0.3, -0.25) is 9.69 Å². The minimum Gasteiger partial charge on any atom is -0.497 e. The first-order valence-corrected chi connectivity index (χ1v) is 13.2. The Labute approximate surface area is 201 Å². The third-order valence-corrected chi connectivity index (χ3v) is 8.30. The van der Waals surface area contributed by atoms with E-state index in [-0.39, 0.29) is 23.3 Å². The Morgan fingerprint density at radius 2 is 1.82 bits per heavy atom. The molecule has 1 amide bonds. The predicted octanol–water partition coefficient (Wildman–Crippen LogP) is 2.24. The van der Waals surface area contributed by atoms with Gasteiger partial charge in [-0.1, -0.05) is 24.3 Å². The molecule has 0 spiro atoms. The fourth-order valence-electron chi connectivity index (χ4n) is 4.46. The van der Waals surface area contributed by atoms with Gasteiger partial charge in [0.1, 0.15) is 5.75 Å². The Kier molecular flexibility index (Phi) is 8.20. The van der Waals surface area contributed by atoms with Gasteiger partial charge in [0.05, 0.1) is 31.1 Å². The molecule has 9 heteroatoms. The van der Waals surface area contributed by atoms with Gasteiger partial charge in [-0.15, -0.1) is 0 Å². The van der Waals surface area contributed by atoms with E-state index in [2.05, 4.69) is 22.3 Å². The number of nitrogens with zero attached hydrogens (tertiary/aromatic N) is 2. The van der Waals surface area contributed by atoms with Crippen LogP contribution < -0.4 is 10.1 Å². The van der Waals surface area contributed by atoms with Crippen molar-refractivity contribution >= 4 is 15.9 Å². The highest BCUT2D eigenvalue weighted by molar-refractivity contribution is 7.89. The molecule has 184 valence electrons. The summed E-state index contributed by atoms with van der Waals surface area (Å²) in [5.41, 5.74) is 2.25. The minimum atomic E-state index is -3.66. The molecule has 1 unspecified atom stereocenters. The number of rotatable bonds is 8. The summed E-state index contributed by atoms with van der Waals surface area (Å²) in [6, 6.07) is 14.6. The number of ether oxygens (including phenoxy) is 2. The fourth-order valence-corrected chi connectivity index (χ4v) is 5.98. The van der Waals surface area contributed by atoms with E-state index >= 15 is 0 Å². The van der Waals surface area contributed by atoms with E-state index < -0.39 is 10.0 Å². The molecule has 2 heterocycles. The summed E-state index contributed by atoms with van der Waals surface area (Å²) in [7, 11) is -2.12. The highest BCUT2D eigenvalue weighted by Crippen LogP contribution is 2.25. The number of hydrogen-bond donors (Lipinski definition) is 1. The number of amides is 1. The number of benzene rings is 2. The molecule has 1 atom stereocenters. The van der Waals surface area contributed by atoms with Crippen LogP contribution in [0, 0.1) is 5.92 Å². The molecular weight excluding hydrogens is 454 g/mol. The molecule has 1 N–H and O–H groups in total. The molecule has 2 aromatic rings. The van der Waals surface area contributed by atoms with E-state index in [1.807, 2.05) is 12.1 Å². The topological polar surface area (TPSA) is 88.2 Å². The number of hydrogen-bond acceptors (Lipinski definition) is 6. The average molecular weight is 488 g/mol. The summed E-state index contributed by atoms with van der Waals surface area (Å²) in [6.45, 7) is 5.30. The maximum Gasteiger partial charge on any atom is 0.243 e. The van der Waals surface area contributed by atoms with Gasteiger partial charge in [-0.2, -0.15) is 4.31 Å². The van der Waals surface area contributed by atoms with Crippen LogP contribution in [0.2, 0.25) is 0 Å².